The predicted molar refractivity (Wildman–Crippen MR) is 99.5 cm³/mol. The van der Waals surface area contributed by atoms with E-state index < -0.39 is 10.8 Å². The van der Waals surface area contributed by atoms with E-state index in [1.54, 1.807) is 19.1 Å². The number of nitrogens with zero attached hydrogens (tertiary/aromatic N) is 1. The van der Waals surface area contributed by atoms with Gasteiger partial charge in [-0.25, -0.2) is 0 Å². The van der Waals surface area contributed by atoms with Gasteiger partial charge in [0.05, 0.1) is 10.6 Å². The molecule has 6 heteroatoms. The average molecular weight is 346 g/mol. The normalized spacial score (nSPS) is 11.0. The summed E-state index contributed by atoms with van der Waals surface area (Å²) in [4.78, 5) is 23.0. The molecule has 0 unspecified atom stereocenters. The zero-order valence-electron chi connectivity index (χ0n) is 13.9. The first-order valence-corrected chi connectivity index (χ1v) is 8.00. The third kappa shape index (κ3) is 2.67. The Morgan fingerprint density at radius 2 is 1.85 bits per heavy atom. The van der Waals surface area contributed by atoms with Crippen LogP contribution >= 0.6 is 0 Å². The van der Waals surface area contributed by atoms with Crippen molar-refractivity contribution in [1.82, 2.24) is 0 Å². The molecule has 0 spiro atoms. The summed E-state index contributed by atoms with van der Waals surface area (Å²) in [5, 5.41) is 16.5. The van der Waals surface area contributed by atoms with E-state index in [0.29, 0.717) is 11.3 Å². The maximum absolute atomic E-state index is 12.6. The number of benzene rings is 3. The lowest BCUT2D eigenvalue weighted by molar-refractivity contribution is -0.384. The van der Waals surface area contributed by atoms with Crippen LogP contribution in [-0.4, -0.2) is 10.8 Å². The second-order valence-corrected chi connectivity index (χ2v) is 6.02. The second kappa shape index (κ2) is 6.00. The Hall–Kier alpha value is -3.67. The first-order chi connectivity index (χ1) is 12.5. The van der Waals surface area contributed by atoms with Gasteiger partial charge in [0.2, 0.25) is 0 Å². The van der Waals surface area contributed by atoms with E-state index in [2.05, 4.69) is 5.32 Å². The number of hydrogen-bond donors (Lipinski definition) is 1. The molecule has 128 valence electrons. The van der Waals surface area contributed by atoms with Gasteiger partial charge in [-0.15, -0.1) is 0 Å². The van der Waals surface area contributed by atoms with E-state index in [1.165, 1.54) is 12.1 Å². The number of nitro groups is 1. The number of rotatable bonds is 3. The number of aryl methyl sites for hydroxylation is 1. The maximum Gasteiger partial charge on any atom is 0.291 e. The summed E-state index contributed by atoms with van der Waals surface area (Å²) in [6.07, 6.45) is 0. The molecule has 0 aliphatic heterocycles. The number of non-ortho nitro benzene ring substituents is 1. The molecule has 0 atom stereocenters. The van der Waals surface area contributed by atoms with E-state index in [-0.39, 0.29) is 11.4 Å². The van der Waals surface area contributed by atoms with Gasteiger partial charge < -0.3 is 9.73 Å². The molecule has 1 aromatic heterocycles. The van der Waals surface area contributed by atoms with Crippen LogP contribution in [0.5, 0.6) is 0 Å². The van der Waals surface area contributed by atoms with Gasteiger partial charge >= 0.3 is 0 Å². The number of nitro benzene ring substituents is 1. The number of carbonyl (C=O) groups is 1. The molecule has 0 saturated carbocycles. The highest BCUT2D eigenvalue weighted by Gasteiger charge is 2.16. The first-order valence-electron chi connectivity index (χ1n) is 8.00. The van der Waals surface area contributed by atoms with Crippen LogP contribution in [-0.2, 0) is 0 Å². The summed E-state index contributed by atoms with van der Waals surface area (Å²) in [5.41, 5.74) is 1.64. The van der Waals surface area contributed by atoms with Gasteiger partial charge in [0, 0.05) is 17.5 Å². The fourth-order valence-corrected chi connectivity index (χ4v) is 2.95. The minimum atomic E-state index is -0.498. The summed E-state index contributed by atoms with van der Waals surface area (Å²) >= 11 is 0. The highest BCUT2D eigenvalue weighted by molar-refractivity contribution is 6.11. The molecule has 4 rings (SSSR count). The Morgan fingerprint density at radius 1 is 1.04 bits per heavy atom. The van der Waals surface area contributed by atoms with E-state index in [1.807, 2.05) is 36.4 Å². The molecule has 0 bridgehead atoms. The zero-order chi connectivity index (χ0) is 18.3. The zero-order valence-corrected chi connectivity index (χ0v) is 13.9. The van der Waals surface area contributed by atoms with Gasteiger partial charge in [-0.05, 0) is 35.4 Å². The Labute approximate surface area is 148 Å². The summed E-state index contributed by atoms with van der Waals surface area (Å²) in [6, 6.07) is 17.6. The number of anilines is 1. The number of hydrogen-bond acceptors (Lipinski definition) is 4. The molecule has 0 radical (unpaired) electrons. The average Bonchev–Trinajstić information content (AvgIpc) is 3.08. The van der Waals surface area contributed by atoms with Crippen LogP contribution in [0.1, 0.15) is 16.1 Å². The largest absolute Gasteiger partial charge is 0.451 e. The SMILES string of the molecule is Cc1ccc([N+](=O)[O-])cc1NC(=O)c1cc2c(ccc3ccccc32)o1. The Bertz CT molecular complexity index is 1180. The van der Waals surface area contributed by atoms with Crippen LogP contribution in [0, 0.1) is 17.0 Å². The number of amides is 1. The highest BCUT2D eigenvalue weighted by atomic mass is 16.6. The number of furan rings is 1. The van der Waals surface area contributed by atoms with Crippen molar-refractivity contribution in [2.45, 2.75) is 6.92 Å². The fraction of sp³-hybridized carbons (Fsp3) is 0.0500. The Morgan fingerprint density at radius 3 is 2.65 bits per heavy atom. The Kier molecular flexibility index (Phi) is 3.65. The molecule has 1 amide bonds. The van der Waals surface area contributed by atoms with Gasteiger partial charge in [-0.2, -0.15) is 0 Å². The third-order valence-electron chi connectivity index (χ3n) is 4.33. The van der Waals surface area contributed by atoms with E-state index in [4.69, 9.17) is 4.42 Å². The molecule has 0 aliphatic carbocycles. The number of carbonyl (C=O) groups excluding carboxylic acids is 1. The maximum atomic E-state index is 12.6. The lowest BCUT2D eigenvalue weighted by atomic mass is 10.1. The molecule has 3 aromatic carbocycles. The lowest BCUT2D eigenvalue weighted by Gasteiger charge is -2.06. The van der Waals surface area contributed by atoms with Crippen LogP contribution in [0.15, 0.2) is 65.1 Å². The minimum absolute atomic E-state index is 0.0819. The van der Waals surface area contributed by atoms with Crippen LogP contribution in [0.2, 0.25) is 0 Å². The van der Waals surface area contributed by atoms with Crippen molar-refractivity contribution in [3.8, 4) is 0 Å². The monoisotopic (exact) mass is 346 g/mol. The van der Waals surface area contributed by atoms with Crippen molar-refractivity contribution in [3.05, 3.63) is 82.1 Å². The van der Waals surface area contributed by atoms with E-state index in [9.17, 15) is 14.9 Å². The molecule has 0 saturated heterocycles. The van der Waals surface area contributed by atoms with Crippen molar-refractivity contribution >= 4 is 39.0 Å². The van der Waals surface area contributed by atoms with Crippen LogP contribution in [0.4, 0.5) is 11.4 Å². The molecule has 4 aromatic rings. The molecular weight excluding hydrogens is 332 g/mol. The van der Waals surface area contributed by atoms with Crippen molar-refractivity contribution in [2.24, 2.45) is 0 Å². The predicted octanol–water partition coefficient (Wildman–Crippen LogP) is 5.05. The highest BCUT2D eigenvalue weighted by Crippen LogP contribution is 2.29. The second-order valence-electron chi connectivity index (χ2n) is 6.02. The van der Waals surface area contributed by atoms with Crippen LogP contribution in [0.3, 0.4) is 0 Å². The van der Waals surface area contributed by atoms with Crippen molar-refractivity contribution in [2.75, 3.05) is 5.32 Å². The van der Waals surface area contributed by atoms with Gasteiger partial charge in [-0.1, -0.05) is 36.4 Å². The molecule has 0 aliphatic rings. The third-order valence-corrected chi connectivity index (χ3v) is 4.33. The van der Waals surface area contributed by atoms with Crippen molar-refractivity contribution < 1.29 is 14.1 Å². The van der Waals surface area contributed by atoms with Crippen LogP contribution in [0.25, 0.3) is 21.7 Å². The van der Waals surface area contributed by atoms with Crippen molar-refractivity contribution in [1.29, 1.82) is 0 Å². The van der Waals surface area contributed by atoms with E-state index >= 15 is 0 Å². The van der Waals surface area contributed by atoms with Gasteiger partial charge in [-0.3, -0.25) is 14.9 Å². The molecule has 26 heavy (non-hydrogen) atoms. The smallest absolute Gasteiger partial charge is 0.291 e. The molecular formula is C20H14N2O4. The minimum Gasteiger partial charge on any atom is -0.451 e. The summed E-state index contributed by atoms with van der Waals surface area (Å²) in [5.74, 6) is -0.295. The van der Waals surface area contributed by atoms with Gasteiger partial charge in [0.25, 0.3) is 11.6 Å². The molecule has 1 heterocycles. The van der Waals surface area contributed by atoms with Gasteiger partial charge in [0.1, 0.15) is 5.58 Å². The van der Waals surface area contributed by atoms with Crippen molar-refractivity contribution in [3.63, 3.8) is 0 Å². The summed E-state index contributed by atoms with van der Waals surface area (Å²) in [6.45, 7) is 1.77. The Balaban J connectivity index is 1.72. The van der Waals surface area contributed by atoms with Gasteiger partial charge in [0.15, 0.2) is 5.76 Å². The number of nitrogens with one attached hydrogen (secondary N) is 1. The lowest BCUT2D eigenvalue weighted by Crippen LogP contribution is -2.12. The molecule has 6 nitrogen and oxygen atoms in total. The van der Waals surface area contributed by atoms with E-state index in [0.717, 1.165) is 21.7 Å². The number of fused-ring (bicyclic) bond motifs is 3. The summed E-state index contributed by atoms with van der Waals surface area (Å²) < 4.78 is 5.68. The topological polar surface area (TPSA) is 85.4 Å². The first kappa shape index (κ1) is 15.8. The fourth-order valence-electron chi connectivity index (χ4n) is 2.95. The molecule has 0 fully saturated rings. The summed E-state index contributed by atoms with van der Waals surface area (Å²) in [7, 11) is 0. The standard InChI is InChI=1S/C20H14N2O4/c1-12-6-8-14(22(24)25)10-17(12)21-20(23)19-11-16-15-5-3-2-4-13(15)7-9-18(16)26-19/h2-11H,1H3,(H,21,23). The molecule has 1 N–H and O–H groups in total. The van der Waals surface area contributed by atoms with Crippen LogP contribution < -0.4 is 5.32 Å². The quantitative estimate of drug-likeness (QED) is 0.415.